The van der Waals surface area contributed by atoms with Crippen LogP contribution in [0.3, 0.4) is 0 Å². The van der Waals surface area contributed by atoms with E-state index in [9.17, 15) is 0 Å². The molecule has 0 bridgehead atoms. The van der Waals surface area contributed by atoms with Gasteiger partial charge < -0.3 is 0 Å². The lowest BCUT2D eigenvalue weighted by Gasteiger charge is -2.00. The van der Waals surface area contributed by atoms with Gasteiger partial charge in [-0.25, -0.2) is 4.98 Å². The van der Waals surface area contributed by atoms with Crippen LogP contribution in [-0.4, -0.2) is 4.98 Å². The molecule has 1 heterocycles. The van der Waals surface area contributed by atoms with Crippen LogP contribution in [0.1, 0.15) is 31.2 Å². The monoisotopic (exact) mass is 225 g/mol. The molecule has 2 aromatic rings. The second-order valence-corrected chi connectivity index (χ2v) is 4.97. The minimum atomic E-state index is 0.547. The molecule has 0 aliphatic carbocycles. The van der Waals surface area contributed by atoms with Crippen LogP contribution in [-0.2, 0) is 0 Å². The molecule has 1 aromatic carbocycles. The quantitative estimate of drug-likeness (QED) is 0.735. The Hall–Kier alpha value is -0.600. The third kappa shape index (κ3) is 1.77. The first-order chi connectivity index (χ1) is 6.70. The number of aromatic nitrogens is 1. The lowest BCUT2D eigenvalue weighted by Crippen LogP contribution is -1.88. The molecule has 74 valence electrons. The molecule has 0 aliphatic rings. The van der Waals surface area contributed by atoms with E-state index in [2.05, 4.69) is 18.8 Å². The minimum Gasteiger partial charge on any atom is -0.241 e. The Labute approximate surface area is 92.7 Å². The van der Waals surface area contributed by atoms with Crippen LogP contribution < -0.4 is 0 Å². The summed E-state index contributed by atoms with van der Waals surface area (Å²) in [5.41, 5.74) is 1.03. The highest BCUT2D eigenvalue weighted by molar-refractivity contribution is 7.18. The summed E-state index contributed by atoms with van der Waals surface area (Å²) in [6, 6.07) is 5.89. The number of rotatable bonds is 2. The van der Waals surface area contributed by atoms with Gasteiger partial charge in [0.25, 0.3) is 0 Å². The van der Waals surface area contributed by atoms with Gasteiger partial charge in [0.1, 0.15) is 0 Å². The summed E-state index contributed by atoms with van der Waals surface area (Å²) in [6.45, 7) is 4.39. The maximum absolute atomic E-state index is 5.91. The molecule has 2 rings (SSSR count). The molecule has 1 aromatic heterocycles. The lowest BCUT2D eigenvalue weighted by molar-refractivity contribution is 0.729. The van der Waals surface area contributed by atoms with Crippen molar-refractivity contribution in [2.45, 2.75) is 26.2 Å². The number of benzene rings is 1. The fraction of sp³-hybridized carbons (Fsp3) is 0.364. The van der Waals surface area contributed by atoms with Crippen LogP contribution in [0.4, 0.5) is 0 Å². The molecule has 0 spiro atoms. The Kier molecular flexibility index (Phi) is 2.75. The number of fused-ring (bicyclic) bond motifs is 1. The molecule has 1 nitrogen and oxygen atoms in total. The van der Waals surface area contributed by atoms with E-state index < -0.39 is 0 Å². The summed E-state index contributed by atoms with van der Waals surface area (Å²) in [5.74, 6) is 0.547. The molecule has 0 saturated carbocycles. The van der Waals surface area contributed by atoms with E-state index in [1.54, 1.807) is 11.3 Å². The summed E-state index contributed by atoms with van der Waals surface area (Å²) in [4.78, 5) is 4.58. The predicted octanol–water partition coefficient (Wildman–Crippen LogP) is 4.46. The number of nitrogens with zero attached hydrogens (tertiary/aromatic N) is 1. The van der Waals surface area contributed by atoms with Crippen molar-refractivity contribution >= 4 is 33.2 Å². The molecule has 0 saturated heterocycles. The minimum absolute atomic E-state index is 0.547. The van der Waals surface area contributed by atoms with E-state index in [-0.39, 0.29) is 0 Å². The largest absolute Gasteiger partial charge is 0.241 e. The van der Waals surface area contributed by atoms with Gasteiger partial charge >= 0.3 is 0 Å². The van der Waals surface area contributed by atoms with Gasteiger partial charge in [-0.05, 0) is 24.6 Å². The molecule has 0 fully saturated rings. The summed E-state index contributed by atoms with van der Waals surface area (Å²) in [6.07, 6.45) is 1.13. The third-order valence-corrected chi connectivity index (χ3v) is 3.90. The fourth-order valence-electron chi connectivity index (χ4n) is 1.30. The van der Waals surface area contributed by atoms with Crippen LogP contribution in [0, 0.1) is 0 Å². The first-order valence-electron chi connectivity index (χ1n) is 4.76. The Morgan fingerprint density at radius 3 is 3.00 bits per heavy atom. The molecule has 14 heavy (non-hydrogen) atoms. The zero-order valence-electron chi connectivity index (χ0n) is 8.25. The standard InChI is InChI=1S/C11H12ClNS/c1-3-7(2)11-13-9-6-8(12)4-5-10(9)14-11/h4-7H,3H2,1-2H3. The molecule has 0 amide bonds. The zero-order valence-corrected chi connectivity index (χ0v) is 9.82. The van der Waals surface area contributed by atoms with Crippen LogP contribution in [0.15, 0.2) is 18.2 Å². The summed E-state index contributed by atoms with van der Waals surface area (Å²) in [7, 11) is 0. The van der Waals surface area contributed by atoms with E-state index in [1.165, 1.54) is 9.71 Å². The van der Waals surface area contributed by atoms with E-state index in [1.807, 2.05) is 18.2 Å². The number of thiazole rings is 1. The SMILES string of the molecule is CCC(C)c1nc2cc(Cl)ccc2s1. The molecule has 0 N–H and O–H groups in total. The fourth-order valence-corrected chi connectivity index (χ4v) is 2.55. The lowest BCUT2D eigenvalue weighted by atomic mass is 10.1. The third-order valence-electron chi connectivity index (χ3n) is 2.40. The van der Waals surface area contributed by atoms with Gasteiger partial charge in [-0.3, -0.25) is 0 Å². The van der Waals surface area contributed by atoms with E-state index in [4.69, 9.17) is 11.6 Å². The first kappa shape index (κ1) is 9.94. The highest BCUT2D eigenvalue weighted by atomic mass is 35.5. The van der Waals surface area contributed by atoms with E-state index in [0.717, 1.165) is 17.0 Å². The van der Waals surface area contributed by atoms with Crippen molar-refractivity contribution < 1.29 is 0 Å². The topological polar surface area (TPSA) is 12.9 Å². The van der Waals surface area contributed by atoms with Gasteiger partial charge in [-0.2, -0.15) is 0 Å². The Bertz CT molecular complexity index is 449. The summed E-state index contributed by atoms with van der Waals surface area (Å²) >= 11 is 7.67. The van der Waals surface area contributed by atoms with Crippen LogP contribution in [0.2, 0.25) is 5.02 Å². The normalized spacial score (nSPS) is 13.4. The maximum atomic E-state index is 5.91. The average molecular weight is 226 g/mol. The maximum Gasteiger partial charge on any atom is 0.0966 e. The molecule has 1 unspecified atom stereocenters. The van der Waals surface area contributed by atoms with Gasteiger partial charge in [0, 0.05) is 10.9 Å². The van der Waals surface area contributed by atoms with Crippen molar-refractivity contribution in [2.75, 3.05) is 0 Å². The van der Waals surface area contributed by atoms with Crippen molar-refractivity contribution in [1.29, 1.82) is 0 Å². The van der Waals surface area contributed by atoms with Crippen LogP contribution >= 0.6 is 22.9 Å². The van der Waals surface area contributed by atoms with Crippen LogP contribution in [0.5, 0.6) is 0 Å². The second-order valence-electron chi connectivity index (χ2n) is 3.47. The summed E-state index contributed by atoms with van der Waals surface area (Å²) in [5, 5.41) is 1.98. The first-order valence-corrected chi connectivity index (χ1v) is 5.96. The second kappa shape index (κ2) is 3.87. The highest BCUT2D eigenvalue weighted by Crippen LogP contribution is 2.30. The van der Waals surface area contributed by atoms with Crippen molar-refractivity contribution in [2.24, 2.45) is 0 Å². The van der Waals surface area contributed by atoms with Gasteiger partial charge in [-0.1, -0.05) is 25.4 Å². The van der Waals surface area contributed by atoms with Gasteiger partial charge in [0.2, 0.25) is 0 Å². The van der Waals surface area contributed by atoms with Gasteiger partial charge in [-0.15, -0.1) is 11.3 Å². The Morgan fingerprint density at radius 1 is 1.50 bits per heavy atom. The van der Waals surface area contributed by atoms with Crippen molar-refractivity contribution in [3.8, 4) is 0 Å². The molecule has 0 radical (unpaired) electrons. The smallest absolute Gasteiger partial charge is 0.0966 e. The number of halogens is 1. The van der Waals surface area contributed by atoms with E-state index in [0.29, 0.717) is 5.92 Å². The van der Waals surface area contributed by atoms with Crippen molar-refractivity contribution in [1.82, 2.24) is 4.98 Å². The highest BCUT2D eigenvalue weighted by Gasteiger charge is 2.09. The predicted molar refractivity (Wildman–Crippen MR) is 63.3 cm³/mol. The van der Waals surface area contributed by atoms with Gasteiger partial charge in [0.15, 0.2) is 0 Å². The molecular formula is C11H12ClNS. The number of hydrogen-bond acceptors (Lipinski definition) is 2. The van der Waals surface area contributed by atoms with Gasteiger partial charge in [0.05, 0.1) is 15.2 Å². The Balaban J connectivity index is 2.51. The molecular weight excluding hydrogens is 214 g/mol. The Morgan fingerprint density at radius 2 is 2.29 bits per heavy atom. The molecule has 1 atom stereocenters. The van der Waals surface area contributed by atoms with Crippen molar-refractivity contribution in [3.63, 3.8) is 0 Å². The molecule has 0 aliphatic heterocycles. The van der Waals surface area contributed by atoms with Crippen molar-refractivity contribution in [3.05, 3.63) is 28.2 Å². The zero-order chi connectivity index (χ0) is 10.1. The van der Waals surface area contributed by atoms with Crippen LogP contribution in [0.25, 0.3) is 10.2 Å². The van der Waals surface area contributed by atoms with E-state index >= 15 is 0 Å². The number of hydrogen-bond donors (Lipinski definition) is 0. The molecule has 3 heteroatoms. The summed E-state index contributed by atoms with van der Waals surface area (Å²) < 4.78 is 1.23. The average Bonchev–Trinajstić information content (AvgIpc) is 2.59.